The maximum absolute atomic E-state index is 12.8. The molecule has 1 unspecified atom stereocenters. The number of nitrogens with one attached hydrogen (secondary N) is 1. The van der Waals surface area contributed by atoms with Crippen LogP contribution in [-0.2, 0) is 17.6 Å². The van der Waals surface area contributed by atoms with Crippen LogP contribution in [0, 0.1) is 26.7 Å². The fourth-order valence-corrected chi connectivity index (χ4v) is 5.05. The molecule has 0 bridgehead atoms. The summed E-state index contributed by atoms with van der Waals surface area (Å²) in [5.41, 5.74) is 5.40. The van der Waals surface area contributed by atoms with E-state index in [1.165, 1.54) is 27.3 Å². The van der Waals surface area contributed by atoms with E-state index in [9.17, 15) is 9.59 Å². The largest absolute Gasteiger partial charge is 0.332 e. The van der Waals surface area contributed by atoms with E-state index in [1.54, 1.807) is 18.4 Å². The van der Waals surface area contributed by atoms with Crippen LogP contribution >= 0.6 is 11.3 Å². The summed E-state index contributed by atoms with van der Waals surface area (Å²) < 4.78 is 0. The Morgan fingerprint density at radius 3 is 2.52 bits per heavy atom. The number of hydrogen-bond acceptors (Lipinski definition) is 3. The van der Waals surface area contributed by atoms with Crippen molar-refractivity contribution in [1.29, 1.82) is 0 Å². The van der Waals surface area contributed by atoms with Crippen molar-refractivity contribution in [2.45, 2.75) is 47.0 Å². The van der Waals surface area contributed by atoms with Gasteiger partial charge in [0.2, 0.25) is 5.91 Å². The van der Waals surface area contributed by atoms with Crippen LogP contribution in [0.5, 0.6) is 0 Å². The Bertz CT molecular complexity index is 861. The number of aryl methyl sites for hydroxylation is 4. The summed E-state index contributed by atoms with van der Waals surface area (Å²) >= 11 is 1.59. The van der Waals surface area contributed by atoms with E-state index < -0.39 is 0 Å². The molecule has 144 valence electrons. The van der Waals surface area contributed by atoms with E-state index in [0.717, 1.165) is 34.5 Å². The van der Waals surface area contributed by atoms with Gasteiger partial charge in [-0.15, -0.1) is 11.3 Å². The standard InChI is InChI=1S/C22H28N2O2S/c1-13-6-7-18-17(10-13)11-19(27-18)22(26)24(5)12-20(25)23-21-15(3)8-14(2)9-16(21)4/h8-9,11,13H,6-7,10,12H2,1-5H3,(H,23,25). The van der Waals surface area contributed by atoms with E-state index in [4.69, 9.17) is 0 Å². The van der Waals surface area contributed by atoms with Gasteiger partial charge in [-0.2, -0.15) is 0 Å². The van der Waals surface area contributed by atoms with Crippen molar-refractivity contribution in [3.63, 3.8) is 0 Å². The van der Waals surface area contributed by atoms with Gasteiger partial charge in [-0.1, -0.05) is 24.6 Å². The van der Waals surface area contributed by atoms with Crippen LogP contribution in [0.3, 0.4) is 0 Å². The number of rotatable bonds is 4. The number of fused-ring (bicyclic) bond motifs is 1. The summed E-state index contributed by atoms with van der Waals surface area (Å²) in [4.78, 5) is 28.8. The maximum atomic E-state index is 12.8. The molecule has 3 rings (SSSR count). The molecular formula is C22H28N2O2S. The number of anilines is 1. The van der Waals surface area contributed by atoms with E-state index in [2.05, 4.69) is 24.4 Å². The predicted octanol–water partition coefficient (Wildman–Crippen LogP) is 4.51. The van der Waals surface area contributed by atoms with Gasteiger partial charge < -0.3 is 10.2 Å². The zero-order valence-electron chi connectivity index (χ0n) is 16.8. The van der Waals surface area contributed by atoms with E-state index >= 15 is 0 Å². The van der Waals surface area contributed by atoms with Crippen molar-refractivity contribution in [3.05, 3.63) is 50.2 Å². The summed E-state index contributed by atoms with van der Waals surface area (Å²) in [6, 6.07) is 6.13. The molecule has 1 aliphatic rings. The van der Waals surface area contributed by atoms with Crippen molar-refractivity contribution in [2.24, 2.45) is 5.92 Å². The second-order valence-electron chi connectivity index (χ2n) is 7.89. The minimum Gasteiger partial charge on any atom is -0.332 e. The highest BCUT2D eigenvalue weighted by Gasteiger charge is 2.23. The smallest absolute Gasteiger partial charge is 0.264 e. The predicted molar refractivity (Wildman–Crippen MR) is 112 cm³/mol. The van der Waals surface area contributed by atoms with Gasteiger partial charge >= 0.3 is 0 Å². The first-order valence-electron chi connectivity index (χ1n) is 9.49. The normalized spacial score (nSPS) is 16.0. The first-order valence-corrected chi connectivity index (χ1v) is 10.3. The quantitative estimate of drug-likeness (QED) is 0.843. The Hall–Kier alpha value is -2.14. The molecule has 1 aromatic heterocycles. The number of benzene rings is 1. The van der Waals surface area contributed by atoms with Crippen LogP contribution < -0.4 is 5.32 Å². The van der Waals surface area contributed by atoms with Gasteiger partial charge in [0.05, 0.1) is 11.4 Å². The monoisotopic (exact) mass is 384 g/mol. The molecule has 2 amide bonds. The van der Waals surface area contributed by atoms with Gasteiger partial charge in [0.1, 0.15) is 0 Å². The van der Waals surface area contributed by atoms with Gasteiger partial charge in [0.25, 0.3) is 5.91 Å². The van der Waals surface area contributed by atoms with Gasteiger partial charge in [-0.25, -0.2) is 0 Å². The lowest BCUT2D eigenvalue weighted by atomic mass is 9.90. The minimum absolute atomic E-state index is 0.0462. The van der Waals surface area contributed by atoms with Crippen molar-refractivity contribution >= 4 is 28.8 Å². The second-order valence-corrected chi connectivity index (χ2v) is 9.03. The van der Waals surface area contributed by atoms with Crippen LogP contribution in [0.15, 0.2) is 18.2 Å². The molecule has 1 N–H and O–H groups in total. The first kappa shape index (κ1) is 19.6. The lowest BCUT2D eigenvalue weighted by molar-refractivity contribution is -0.116. The summed E-state index contributed by atoms with van der Waals surface area (Å²) in [5, 5.41) is 2.97. The number of carbonyl (C=O) groups excluding carboxylic acids is 2. The molecule has 5 heteroatoms. The molecule has 1 atom stereocenters. The Labute approximate surface area is 165 Å². The number of amides is 2. The van der Waals surface area contributed by atoms with Crippen molar-refractivity contribution < 1.29 is 9.59 Å². The maximum Gasteiger partial charge on any atom is 0.264 e. The molecule has 1 aliphatic carbocycles. The number of thiophene rings is 1. The molecular weight excluding hydrogens is 356 g/mol. The summed E-state index contributed by atoms with van der Waals surface area (Å²) in [7, 11) is 1.69. The molecule has 0 saturated heterocycles. The lowest BCUT2D eigenvalue weighted by Crippen LogP contribution is -2.34. The van der Waals surface area contributed by atoms with Gasteiger partial charge in [0, 0.05) is 17.6 Å². The summed E-state index contributed by atoms with van der Waals surface area (Å²) in [6.45, 7) is 8.32. The zero-order valence-corrected chi connectivity index (χ0v) is 17.6. The topological polar surface area (TPSA) is 49.4 Å². The lowest BCUT2D eigenvalue weighted by Gasteiger charge is -2.18. The van der Waals surface area contributed by atoms with Crippen LogP contribution in [0.1, 0.15) is 50.1 Å². The third-order valence-corrected chi connectivity index (χ3v) is 6.43. The Balaban J connectivity index is 1.66. The Kier molecular flexibility index (Phi) is 5.70. The second kappa shape index (κ2) is 7.85. The van der Waals surface area contributed by atoms with Crippen molar-refractivity contribution in [2.75, 3.05) is 18.9 Å². The molecule has 0 aliphatic heterocycles. The minimum atomic E-state index is -0.171. The average molecular weight is 385 g/mol. The van der Waals surface area contributed by atoms with E-state index in [-0.39, 0.29) is 18.4 Å². The molecule has 2 aromatic rings. The highest BCUT2D eigenvalue weighted by molar-refractivity contribution is 7.14. The number of carbonyl (C=O) groups is 2. The fourth-order valence-electron chi connectivity index (χ4n) is 3.84. The zero-order chi connectivity index (χ0) is 19.7. The highest BCUT2D eigenvalue weighted by atomic mass is 32.1. The summed E-state index contributed by atoms with van der Waals surface area (Å²) in [6.07, 6.45) is 3.30. The van der Waals surface area contributed by atoms with Crippen molar-refractivity contribution in [1.82, 2.24) is 4.90 Å². The van der Waals surface area contributed by atoms with Crippen molar-refractivity contribution in [3.8, 4) is 0 Å². The molecule has 27 heavy (non-hydrogen) atoms. The number of likely N-dealkylation sites (N-methyl/N-ethyl adjacent to an activating group) is 1. The van der Waals surface area contributed by atoms with Gasteiger partial charge in [0.15, 0.2) is 0 Å². The Morgan fingerprint density at radius 1 is 1.19 bits per heavy atom. The molecule has 1 heterocycles. The fraction of sp³-hybridized carbons (Fsp3) is 0.455. The van der Waals surface area contributed by atoms with Crippen LogP contribution in [0.25, 0.3) is 0 Å². The van der Waals surface area contributed by atoms with E-state index in [0.29, 0.717) is 5.92 Å². The van der Waals surface area contributed by atoms with Gasteiger partial charge in [-0.05, 0) is 68.7 Å². The van der Waals surface area contributed by atoms with E-state index in [1.807, 2.05) is 26.8 Å². The third-order valence-electron chi connectivity index (χ3n) is 5.21. The average Bonchev–Trinajstić information content (AvgIpc) is 3.00. The Morgan fingerprint density at radius 2 is 1.85 bits per heavy atom. The van der Waals surface area contributed by atoms with Crippen LogP contribution in [0.4, 0.5) is 5.69 Å². The van der Waals surface area contributed by atoms with Crippen LogP contribution in [-0.4, -0.2) is 30.3 Å². The molecule has 0 fully saturated rings. The number of nitrogens with zero attached hydrogens (tertiary/aromatic N) is 1. The molecule has 0 saturated carbocycles. The van der Waals surface area contributed by atoms with Crippen LogP contribution in [0.2, 0.25) is 0 Å². The first-order chi connectivity index (χ1) is 12.7. The molecule has 0 spiro atoms. The molecule has 1 aromatic carbocycles. The SMILES string of the molecule is Cc1cc(C)c(NC(=O)CN(C)C(=O)c2cc3c(s2)CCC(C)C3)c(C)c1. The number of hydrogen-bond donors (Lipinski definition) is 1. The molecule has 4 nitrogen and oxygen atoms in total. The van der Waals surface area contributed by atoms with Gasteiger partial charge in [-0.3, -0.25) is 9.59 Å². The highest BCUT2D eigenvalue weighted by Crippen LogP contribution is 2.32. The molecule has 0 radical (unpaired) electrons. The third kappa shape index (κ3) is 4.41. The summed E-state index contributed by atoms with van der Waals surface area (Å²) in [5.74, 6) is 0.435.